The fourth-order valence-electron chi connectivity index (χ4n) is 2.44. The van der Waals surface area contributed by atoms with Gasteiger partial charge in [-0.05, 0) is 48.9 Å². The van der Waals surface area contributed by atoms with Crippen LogP contribution in [0.2, 0.25) is 5.02 Å². The Balaban J connectivity index is 1.76. The normalized spacial score (nSPS) is 10.3. The highest BCUT2D eigenvalue weighted by Crippen LogP contribution is 2.27. The van der Waals surface area contributed by atoms with E-state index in [1.165, 1.54) is 0 Å². The highest BCUT2D eigenvalue weighted by atomic mass is 35.5. The number of methoxy groups -OCH3 is 1. The van der Waals surface area contributed by atoms with Crippen molar-refractivity contribution in [1.82, 2.24) is 4.98 Å². The third-order valence-corrected chi connectivity index (χ3v) is 4.13. The molecule has 0 radical (unpaired) electrons. The summed E-state index contributed by atoms with van der Waals surface area (Å²) >= 11 is 6.09. The number of hydrogen-bond donors (Lipinski definition) is 2. The number of carbonyl (C=O) groups excluding carboxylic acids is 1. The van der Waals surface area contributed by atoms with Crippen LogP contribution < -0.4 is 15.4 Å². The Kier molecular flexibility index (Phi) is 5.39. The molecule has 2 N–H and O–H groups in total. The van der Waals surface area contributed by atoms with Crippen LogP contribution in [0.5, 0.6) is 5.75 Å². The van der Waals surface area contributed by atoms with Gasteiger partial charge < -0.3 is 15.4 Å². The lowest BCUT2D eigenvalue weighted by Gasteiger charge is -2.11. The van der Waals surface area contributed by atoms with Gasteiger partial charge in [-0.2, -0.15) is 0 Å². The second-order valence-corrected chi connectivity index (χ2v) is 6.08. The van der Waals surface area contributed by atoms with E-state index in [0.29, 0.717) is 27.8 Å². The summed E-state index contributed by atoms with van der Waals surface area (Å²) in [6, 6.07) is 16.3. The maximum atomic E-state index is 12.5. The van der Waals surface area contributed by atoms with Gasteiger partial charge >= 0.3 is 0 Å². The second-order valence-electron chi connectivity index (χ2n) is 5.67. The van der Waals surface area contributed by atoms with E-state index in [1.54, 1.807) is 43.6 Å². The van der Waals surface area contributed by atoms with Crippen molar-refractivity contribution in [3.05, 3.63) is 76.9 Å². The maximum absolute atomic E-state index is 12.5. The van der Waals surface area contributed by atoms with Gasteiger partial charge in [-0.1, -0.05) is 29.8 Å². The number of nitrogens with one attached hydrogen (secondary N) is 2. The van der Waals surface area contributed by atoms with Crippen molar-refractivity contribution in [3.8, 4) is 5.75 Å². The predicted octanol–water partition coefficient (Wildman–Crippen LogP) is 5.05. The number of para-hydroxylation sites is 1. The van der Waals surface area contributed by atoms with E-state index in [4.69, 9.17) is 16.3 Å². The fourth-order valence-corrected chi connectivity index (χ4v) is 2.70. The van der Waals surface area contributed by atoms with Crippen LogP contribution >= 0.6 is 11.6 Å². The molecular formula is C20H18ClN3O2. The van der Waals surface area contributed by atoms with Crippen molar-refractivity contribution in [1.29, 1.82) is 0 Å². The third-order valence-electron chi connectivity index (χ3n) is 3.84. The molecule has 6 heteroatoms. The molecule has 3 aromatic rings. The summed E-state index contributed by atoms with van der Waals surface area (Å²) in [5.74, 6) is 0.902. The van der Waals surface area contributed by atoms with Gasteiger partial charge in [-0.25, -0.2) is 4.98 Å². The molecule has 1 heterocycles. The van der Waals surface area contributed by atoms with Crippen LogP contribution in [0.1, 0.15) is 15.9 Å². The number of hydrogen-bond acceptors (Lipinski definition) is 4. The van der Waals surface area contributed by atoms with E-state index in [2.05, 4.69) is 15.6 Å². The minimum absolute atomic E-state index is 0.249. The van der Waals surface area contributed by atoms with Gasteiger partial charge in [0.05, 0.1) is 12.1 Å². The molecule has 1 amide bonds. The summed E-state index contributed by atoms with van der Waals surface area (Å²) in [7, 11) is 1.54. The molecule has 0 bridgehead atoms. The molecule has 0 fully saturated rings. The number of ether oxygens (including phenoxy) is 1. The second kappa shape index (κ2) is 7.89. The van der Waals surface area contributed by atoms with Crippen molar-refractivity contribution >= 4 is 34.7 Å². The number of rotatable bonds is 5. The first-order valence-electron chi connectivity index (χ1n) is 8.00. The molecule has 2 aromatic carbocycles. The summed E-state index contributed by atoms with van der Waals surface area (Å²) in [6.45, 7) is 2.01. The average Bonchev–Trinajstić information content (AvgIpc) is 2.64. The zero-order chi connectivity index (χ0) is 18.5. The van der Waals surface area contributed by atoms with Crippen LogP contribution in [0.25, 0.3) is 0 Å². The molecule has 0 saturated heterocycles. The standard InChI is InChI=1S/C20H18ClN3O2/c1-13-5-3-4-6-17(13)24-19-11-14(9-10-22-19)20(25)23-15-7-8-18(26-2)16(21)12-15/h3-12H,1-2H3,(H,22,24)(H,23,25). The number of aryl methyl sites for hydroxylation is 1. The molecule has 0 saturated carbocycles. The summed E-state index contributed by atoms with van der Waals surface area (Å²) in [4.78, 5) is 16.8. The summed E-state index contributed by atoms with van der Waals surface area (Å²) < 4.78 is 5.11. The van der Waals surface area contributed by atoms with Crippen molar-refractivity contribution in [2.24, 2.45) is 0 Å². The van der Waals surface area contributed by atoms with Crippen LogP contribution in [0.15, 0.2) is 60.8 Å². The minimum Gasteiger partial charge on any atom is -0.495 e. The predicted molar refractivity (Wildman–Crippen MR) is 105 cm³/mol. The van der Waals surface area contributed by atoms with E-state index in [-0.39, 0.29) is 5.91 Å². The van der Waals surface area contributed by atoms with Crippen molar-refractivity contribution in [2.75, 3.05) is 17.7 Å². The van der Waals surface area contributed by atoms with Gasteiger partial charge in [0, 0.05) is 23.1 Å². The molecular weight excluding hydrogens is 350 g/mol. The quantitative estimate of drug-likeness (QED) is 0.662. The average molecular weight is 368 g/mol. The van der Waals surface area contributed by atoms with Crippen LogP contribution in [-0.2, 0) is 0 Å². The molecule has 0 aliphatic heterocycles. The molecule has 0 unspecified atom stereocenters. The van der Waals surface area contributed by atoms with Gasteiger partial charge in [0.15, 0.2) is 0 Å². The van der Waals surface area contributed by atoms with Crippen molar-refractivity contribution < 1.29 is 9.53 Å². The largest absolute Gasteiger partial charge is 0.495 e. The molecule has 0 spiro atoms. The number of carbonyl (C=O) groups is 1. The summed E-state index contributed by atoms with van der Waals surface area (Å²) in [6.07, 6.45) is 1.59. The Bertz CT molecular complexity index is 944. The lowest BCUT2D eigenvalue weighted by atomic mass is 10.2. The van der Waals surface area contributed by atoms with Crippen LogP contribution in [0.3, 0.4) is 0 Å². The summed E-state index contributed by atoms with van der Waals surface area (Å²) in [5.41, 5.74) is 3.12. The first-order valence-corrected chi connectivity index (χ1v) is 8.38. The molecule has 1 aromatic heterocycles. The van der Waals surface area contributed by atoms with Gasteiger partial charge in [-0.3, -0.25) is 4.79 Å². The Morgan fingerprint density at radius 1 is 1.12 bits per heavy atom. The van der Waals surface area contributed by atoms with Crippen molar-refractivity contribution in [3.63, 3.8) is 0 Å². The minimum atomic E-state index is -0.249. The SMILES string of the molecule is COc1ccc(NC(=O)c2ccnc(Nc3ccccc3C)c2)cc1Cl. The lowest BCUT2D eigenvalue weighted by Crippen LogP contribution is -2.12. The highest BCUT2D eigenvalue weighted by Gasteiger charge is 2.10. The monoisotopic (exact) mass is 367 g/mol. The molecule has 3 rings (SSSR count). The number of amides is 1. The van der Waals surface area contributed by atoms with Crippen LogP contribution in [-0.4, -0.2) is 18.0 Å². The van der Waals surface area contributed by atoms with Crippen LogP contribution in [0.4, 0.5) is 17.2 Å². The van der Waals surface area contributed by atoms with Crippen molar-refractivity contribution in [2.45, 2.75) is 6.92 Å². The number of halogens is 1. The number of benzene rings is 2. The van der Waals surface area contributed by atoms with Gasteiger partial charge in [0.2, 0.25) is 0 Å². The molecule has 5 nitrogen and oxygen atoms in total. The topological polar surface area (TPSA) is 63.2 Å². The molecule has 132 valence electrons. The fraction of sp³-hybridized carbons (Fsp3) is 0.100. The Morgan fingerprint density at radius 3 is 2.65 bits per heavy atom. The highest BCUT2D eigenvalue weighted by molar-refractivity contribution is 6.32. The smallest absolute Gasteiger partial charge is 0.255 e. The third kappa shape index (κ3) is 4.13. The first-order chi connectivity index (χ1) is 12.6. The van der Waals surface area contributed by atoms with Crippen LogP contribution in [0, 0.1) is 6.92 Å². The van der Waals surface area contributed by atoms with E-state index in [1.807, 2.05) is 31.2 Å². The van der Waals surface area contributed by atoms with E-state index >= 15 is 0 Å². The van der Waals surface area contributed by atoms with E-state index < -0.39 is 0 Å². The van der Waals surface area contributed by atoms with Gasteiger partial charge in [0.25, 0.3) is 5.91 Å². The molecule has 26 heavy (non-hydrogen) atoms. The lowest BCUT2D eigenvalue weighted by molar-refractivity contribution is 0.102. The zero-order valence-corrected chi connectivity index (χ0v) is 15.2. The van der Waals surface area contributed by atoms with Gasteiger partial charge in [0.1, 0.15) is 11.6 Å². The Morgan fingerprint density at radius 2 is 1.92 bits per heavy atom. The Labute approximate surface area is 157 Å². The number of pyridine rings is 1. The molecule has 0 aliphatic carbocycles. The number of aromatic nitrogens is 1. The molecule has 0 atom stereocenters. The Hall–Kier alpha value is -3.05. The molecule has 0 aliphatic rings. The summed E-state index contributed by atoms with van der Waals surface area (Å²) in [5, 5.41) is 6.48. The van der Waals surface area contributed by atoms with E-state index in [9.17, 15) is 4.79 Å². The van der Waals surface area contributed by atoms with E-state index in [0.717, 1.165) is 11.3 Å². The number of nitrogens with zero attached hydrogens (tertiary/aromatic N) is 1. The number of anilines is 3. The zero-order valence-electron chi connectivity index (χ0n) is 14.4. The first kappa shape index (κ1) is 17.8. The van der Waals surface area contributed by atoms with Gasteiger partial charge in [-0.15, -0.1) is 0 Å². The maximum Gasteiger partial charge on any atom is 0.255 e.